The molecule has 12 heavy (non-hydrogen) atoms. The number of rotatable bonds is 1. The third-order valence-electron chi connectivity index (χ3n) is 1.25. The summed E-state index contributed by atoms with van der Waals surface area (Å²) < 4.78 is 25.3. The first-order valence-corrected chi connectivity index (χ1v) is 3.38. The summed E-state index contributed by atoms with van der Waals surface area (Å²) in [6.07, 6.45) is 0. The first-order chi connectivity index (χ1) is 5.52. The van der Waals surface area contributed by atoms with Crippen molar-refractivity contribution in [3.63, 3.8) is 0 Å². The van der Waals surface area contributed by atoms with Crippen LogP contribution >= 0.6 is 12.6 Å². The molecule has 0 aliphatic carbocycles. The second kappa shape index (κ2) is 3.10. The van der Waals surface area contributed by atoms with Crippen LogP contribution in [0, 0.1) is 11.6 Å². The summed E-state index contributed by atoms with van der Waals surface area (Å²) in [5.74, 6) is -3.35. The molecular weight excluding hydrogens is 186 g/mol. The van der Waals surface area contributed by atoms with Crippen molar-refractivity contribution in [1.29, 1.82) is 0 Å². The predicted molar refractivity (Wildman–Crippen MR) is 40.6 cm³/mol. The van der Waals surface area contributed by atoms with Crippen molar-refractivity contribution in [3.8, 4) is 0 Å². The van der Waals surface area contributed by atoms with E-state index < -0.39 is 23.2 Å². The molecule has 64 valence electrons. The monoisotopic (exact) mass is 190 g/mol. The molecule has 0 saturated heterocycles. The molecule has 0 aliphatic rings. The van der Waals surface area contributed by atoms with E-state index in [2.05, 4.69) is 12.6 Å². The molecule has 0 saturated carbocycles. The van der Waals surface area contributed by atoms with Crippen LogP contribution in [0.15, 0.2) is 17.0 Å². The Labute approximate surface area is 72.2 Å². The van der Waals surface area contributed by atoms with E-state index in [-0.39, 0.29) is 4.90 Å². The summed E-state index contributed by atoms with van der Waals surface area (Å²) in [5.41, 5.74) is -0.708. The second-order valence-electron chi connectivity index (χ2n) is 2.09. The van der Waals surface area contributed by atoms with Crippen molar-refractivity contribution in [2.75, 3.05) is 0 Å². The van der Waals surface area contributed by atoms with Gasteiger partial charge in [-0.25, -0.2) is 13.6 Å². The molecule has 1 aromatic rings. The van der Waals surface area contributed by atoms with Crippen molar-refractivity contribution in [2.24, 2.45) is 0 Å². The molecule has 0 aromatic heterocycles. The number of thiol groups is 1. The highest BCUT2D eigenvalue weighted by Gasteiger charge is 2.14. The minimum absolute atomic E-state index is 0.313. The average molecular weight is 190 g/mol. The number of carboxylic acids is 1. The third-order valence-corrected chi connectivity index (χ3v) is 1.57. The fourth-order valence-corrected chi connectivity index (χ4v) is 0.974. The second-order valence-corrected chi connectivity index (χ2v) is 2.57. The minimum atomic E-state index is -1.51. The summed E-state index contributed by atoms with van der Waals surface area (Å²) in [5, 5.41) is 8.37. The molecule has 0 radical (unpaired) electrons. The van der Waals surface area contributed by atoms with Gasteiger partial charge in [-0.3, -0.25) is 0 Å². The lowest BCUT2D eigenvalue weighted by molar-refractivity contribution is 0.0690. The maximum absolute atomic E-state index is 12.8. The first-order valence-electron chi connectivity index (χ1n) is 2.93. The number of carboxylic acid groups (broad SMARTS) is 1. The van der Waals surface area contributed by atoms with Gasteiger partial charge in [0.05, 0.1) is 5.56 Å². The molecule has 1 N–H and O–H groups in total. The average Bonchev–Trinajstić information content (AvgIpc) is 1.96. The van der Waals surface area contributed by atoms with Crippen molar-refractivity contribution in [1.82, 2.24) is 0 Å². The molecule has 1 aromatic carbocycles. The quantitative estimate of drug-likeness (QED) is 0.664. The van der Waals surface area contributed by atoms with Gasteiger partial charge in [0.15, 0.2) is 5.82 Å². The number of benzene rings is 1. The zero-order chi connectivity index (χ0) is 9.30. The lowest BCUT2D eigenvalue weighted by Gasteiger charge is -1.99. The van der Waals surface area contributed by atoms with Gasteiger partial charge in [-0.15, -0.1) is 12.6 Å². The van der Waals surface area contributed by atoms with Gasteiger partial charge in [-0.1, -0.05) is 0 Å². The van der Waals surface area contributed by atoms with E-state index in [0.717, 1.165) is 6.07 Å². The molecule has 0 spiro atoms. The zero-order valence-electron chi connectivity index (χ0n) is 5.71. The maximum Gasteiger partial charge on any atom is 0.338 e. The van der Waals surface area contributed by atoms with Crippen LogP contribution in [0.5, 0.6) is 0 Å². The topological polar surface area (TPSA) is 37.3 Å². The summed E-state index contributed by atoms with van der Waals surface area (Å²) in [6.45, 7) is 0. The predicted octanol–water partition coefficient (Wildman–Crippen LogP) is 1.95. The van der Waals surface area contributed by atoms with E-state index in [1.807, 2.05) is 0 Å². The fourth-order valence-electron chi connectivity index (χ4n) is 0.730. The zero-order valence-corrected chi connectivity index (χ0v) is 6.61. The molecule has 0 atom stereocenters. The Bertz CT molecular complexity index is 338. The Morgan fingerprint density at radius 3 is 2.50 bits per heavy atom. The van der Waals surface area contributed by atoms with Crippen LogP contribution in [0.1, 0.15) is 10.4 Å². The number of hydrogen-bond donors (Lipinski definition) is 2. The summed E-state index contributed by atoms with van der Waals surface area (Å²) in [6, 6.07) is 1.42. The van der Waals surface area contributed by atoms with E-state index in [9.17, 15) is 13.6 Å². The van der Waals surface area contributed by atoms with Crippen LogP contribution in [0.4, 0.5) is 8.78 Å². The van der Waals surface area contributed by atoms with Gasteiger partial charge in [0.2, 0.25) is 0 Å². The van der Waals surface area contributed by atoms with Crippen LogP contribution in [0.2, 0.25) is 0 Å². The van der Waals surface area contributed by atoms with Crippen molar-refractivity contribution < 1.29 is 18.7 Å². The van der Waals surface area contributed by atoms with Crippen LogP contribution in [-0.2, 0) is 0 Å². The smallest absolute Gasteiger partial charge is 0.338 e. The van der Waals surface area contributed by atoms with Crippen LogP contribution < -0.4 is 0 Å². The standard InChI is InChI=1S/C7H4F2O2S/c8-3-1-4(7(10)11)6(9)5(12)2-3/h1-2,12H,(H,10,11). The van der Waals surface area contributed by atoms with E-state index in [0.29, 0.717) is 6.07 Å². The Morgan fingerprint density at radius 2 is 2.00 bits per heavy atom. The highest BCUT2D eigenvalue weighted by atomic mass is 32.1. The molecule has 2 nitrogen and oxygen atoms in total. The number of carbonyl (C=O) groups is 1. The lowest BCUT2D eigenvalue weighted by atomic mass is 10.2. The maximum atomic E-state index is 12.8. The summed E-state index contributed by atoms with van der Waals surface area (Å²) in [4.78, 5) is 9.97. The number of aromatic carboxylic acids is 1. The highest BCUT2D eigenvalue weighted by molar-refractivity contribution is 7.80. The lowest BCUT2D eigenvalue weighted by Crippen LogP contribution is -2.02. The number of halogens is 2. The Balaban J connectivity index is 3.37. The summed E-state index contributed by atoms with van der Waals surface area (Å²) in [7, 11) is 0. The van der Waals surface area contributed by atoms with Gasteiger partial charge in [0.25, 0.3) is 0 Å². The van der Waals surface area contributed by atoms with E-state index in [4.69, 9.17) is 5.11 Å². The van der Waals surface area contributed by atoms with Crippen molar-refractivity contribution in [2.45, 2.75) is 4.90 Å². The fraction of sp³-hybridized carbons (Fsp3) is 0. The first kappa shape index (κ1) is 8.99. The van der Waals surface area contributed by atoms with Crippen LogP contribution in [0.25, 0.3) is 0 Å². The molecule has 0 fully saturated rings. The third kappa shape index (κ3) is 1.55. The van der Waals surface area contributed by atoms with E-state index in [1.54, 1.807) is 0 Å². The van der Waals surface area contributed by atoms with Gasteiger partial charge >= 0.3 is 5.97 Å². The number of hydrogen-bond acceptors (Lipinski definition) is 2. The molecule has 0 heterocycles. The van der Waals surface area contributed by atoms with Crippen molar-refractivity contribution >= 4 is 18.6 Å². The molecule has 0 amide bonds. The van der Waals surface area contributed by atoms with Crippen LogP contribution in [-0.4, -0.2) is 11.1 Å². The van der Waals surface area contributed by atoms with Gasteiger partial charge < -0.3 is 5.11 Å². The SMILES string of the molecule is O=C(O)c1cc(F)cc(S)c1F. The molecule has 1 rings (SSSR count). The Kier molecular flexibility index (Phi) is 2.32. The van der Waals surface area contributed by atoms with Gasteiger partial charge in [-0.2, -0.15) is 0 Å². The van der Waals surface area contributed by atoms with E-state index in [1.165, 1.54) is 0 Å². The normalized spacial score (nSPS) is 9.92. The molecular formula is C7H4F2O2S. The van der Waals surface area contributed by atoms with Crippen LogP contribution in [0.3, 0.4) is 0 Å². The molecule has 0 bridgehead atoms. The largest absolute Gasteiger partial charge is 0.478 e. The Morgan fingerprint density at radius 1 is 1.42 bits per heavy atom. The van der Waals surface area contributed by atoms with E-state index >= 15 is 0 Å². The molecule has 5 heteroatoms. The highest BCUT2D eigenvalue weighted by Crippen LogP contribution is 2.18. The molecule has 0 aliphatic heterocycles. The minimum Gasteiger partial charge on any atom is -0.478 e. The Hall–Kier alpha value is -1.10. The van der Waals surface area contributed by atoms with Gasteiger partial charge in [0, 0.05) is 4.90 Å². The van der Waals surface area contributed by atoms with Gasteiger partial charge in [-0.05, 0) is 12.1 Å². The van der Waals surface area contributed by atoms with Crippen molar-refractivity contribution in [3.05, 3.63) is 29.3 Å². The summed E-state index contributed by atoms with van der Waals surface area (Å²) >= 11 is 3.55. The molecule has 0 unspecified atom stereocenters. The van der Waals surface area contributed by atoms with Gasteiger partial charge in [0.1, 0.15) is 5.82 Å².